The van der Waals surface area contributed by atoms with Crippen molar-refractivity contribution in [1.82, 2.24) is 19.7 Å². The molecule has 4 aliphatic rings. The van der Waals surface area contributed by atoms with Crippen LogP contribution >= 0.6 is 11.8 Å². The van der Waals surface area contributed by atoms with Gasteiger partial charge in [-0.1, -0.05) is 24.3 Å². The molecule has 0 bridgehead atoms. The minimum atomic E-state index is -0.458. The molecule has 5 heterocycles. The van der Waals surface area contributed by atoms with Crippen molar-refractivity contribution in [1.29, 1.82) is 0 Å². The maximum atomic E-state index is 13.6. The lowest BCUT2D eigenvalue weighted by atomic mass is 9.95. The van der Waals surface area contributed by atoms with Crippen molar-refractivity contribution in [3.8, 4) is 0 Å². The third-order valence-electron chi connectivity index (χ3n) is 7.62. The highest BCUT2D eigenvalue weighted by molar-refractivity contribution is 7.99. The van der Waals surface area contributed by atoms with E-state index in [9.17, 15) is 14.4 Å². The molecule has 8 nitrogen and oxygen atoms in total. The van der Waals surface area contributed by atoms with Crippen molar-refractivity contribution in [3.63, 3.8) is 0 Å². The van der Waals surface area contributed by atoms with Crippen molar-refractivity contribution in [3.05, 3.63) is 59.8 Å². The number of fused-ring (bicyclic) bond motifs is 3. The second-order valence-corrected chi connectivity index (χ2v) is 10.7. The summed E-state index contributed by atoms with van der Waals surface area (Å²) in [6, 6.07) is 13.1. The summed E-state index contributed by atoms with van der Waals surface area (Å²) in [5.74, 6) is 1.45. The summed E-state index contributed by atoms with van der Waals surface area (Å²) in [6.07, 6.45) is 3.41. The Labute approximate surface area is 209 Å². The van der Waals surface area contributed by atoms with E-state index in [2.05, 4.69) is 9.88 Å². The molecule has 0 radical (unpaired) electrons. The molecule has 0 aliphatic carbocycles. The van der Waals surface area contributed by atoms with E-state index in [1.165, 1.54) is 0 Å². The van der Waals surface area contributed by atoms with Crippen molar-refractivity contribution < 1.29 is 14.4 Å². The number of carbonyl (C=O) groups excluding carboxylic acids is 3. The fourth-order valence-electron chi connectivity index (χ4n) is 5.78. The maximum Gasteiger partial charge on any atom is 0.256 e. The number of pyridine rings is 1. The van der Waals surface area contributed by atoms with Gasteiger partial charge in [-0.15, -0.1) is 11.8 Å². The molecule has 1 aromatic heterocycles. The predicted molar refractivity (Wildman–Crippen MR) is 134 cm³/mol. The van der Waals surface area contributed by atoms with Crippen LogP contribution in [-0.2, 0) is 9.59 Å². The number of hydrogen-bond donors (Lipinski definition) is 0. The molecule has 0 spiro atoms. The second kappa shape index (κ2) is 9.18. The van der Waals surface area contributed by atoms with E-state index in [4.69, 9.17) is 0 Å². The number of piperidine rings is 1. The van der Waals surface area contributed by atoms with Gasteiger partial charge in [-0.25, -0.2) is 4.98 Å². The van der Waals surface area contributed by atoms with E-state index in [1.54, 1.807) is 22.9 Å². The Balaban J connectivity index is 1.08. The topological polar surface area (TPSA) is 77.1 Å². The quantitative estimate of drug-likeness (QED) is 0.656. The lowest BCUT2D eigenvalue weighted by molar-refractivity contribution is -0.142. The first-order chi connectivity index (χ1) is 17.1. The normalized spacial score (nSPS) is 26.1. The number of rotatable bonds is 3. The predicted octanol–water partition coefficient (Wildman–Crippen LogP) is 2.24. The Morgan fingerprint density at radius 3 is 2.51 bits per heavy atom. The maximum absolute atomic E-state index is 13.6. The number of carbonyl (C=O) groups is 3. The number of piperazine rings is 1. The van der Waals surface area contributed by atoms with Crippen LogP contribution in [0.2, 0.25) is 0 Å². The highest BCUT2D eigenvalue weighted by Gasteiger charge is 2.49. The first-order valence-corrected chi connectivity index (χ1v) is 13.4. The zero-order chi connectivity index (χ0) is 23.9. The number of thioether (sulfide) groups is 1. The first kappa shape index (κ1) is 22.4. The smallest absolute Gasteiger partial charge is 0.256 e. The van der Waals surface area contributed by atoms with E-state index in [0.717, 1.165) is 37.3 Å². The highest BCUT2D eigenvalue weighted by Crippen LogP contribution is 2.48. The van der Waals surface area contributed by atoms with E-state index in [1.807, 2.05) is 52.3 Å². The molecular formula is C26H29N5O3S. The minimum Gasteiger partial charge on any atom is -0.353 e. The molecule has 3 fully saturated rings. The van der Waals surface area contributed by atoms with Gasteiger partial charge in [-0.3, -0.25) is 14.4 Å². The molecule has 182 valence electrons. The number of benzene rings is 1. The summed E-state index contributed by atoms with van der Waals surface area (Å²) in [5, 5.41) is -0.0785. The van der Waals surface area contributed by atoms with Gasteiger partial charge in [0.25, 0.3) is 5.91 Å². The average molecular weight is 492 g/mol. The van der Waals surface area contributed by atoms with Gasteiger partial charge < -0.3 is 19.6 Å². The van der Waals surface area contributed by atoms with Crippen LogP contribution in [0.3, 0.4) is 0 Å². The molecule has 9 heteroatoms. The van der Waals surface area contributed by atoms with Crippen LogP contribution in [0.15, 0.2) is 48.7 Å². The lowest BCUT2D eigenvalue weighted by Gasteiger charge is -2.40. The molecule has 4 aliphatic heterocycles. The van der Waals surface area contributed by atoms with Crippen LogP contribution in [0.5, 0.6) is 0 Å². The van der Waals surface area contributed by atoms with E-state index in [-0.39, 0.29) is 29.0 Å². The van der Waals surface area contributed by atoms with E-state index in [0.29, 0.717) is 37.5 Å². The van der Waals surface area contributed by atoms with Crippen LogP contribution in [0.1, 0.15) is 34.1 Å². The number of amides is 3. The molecular weight excluding hydrogens is 462 g/mol. The molecule has 0 N–H and O–H groups in total. The fourth-order valence-corrected chi connectivity index (χ4v) is 7.23. The Morgan fingerprint density at radius 1 is 0.914 bits per heavy atom. The van der Waals surface area contributed by atoms with Crippen LogP contribution in [0, 0.1) is 5.92 Å². The van der Waals surface area contributed by atoms with E-state index >= 15 is 0 Å². The third-order valence-corrected chi connectivity index (χ3v) is 8.93. The van der Waals surface area contributed by atoms with Gasteiger partial charge in [0, 0.05) is 56.8 Å². The average Bonchev–Trinajstić information content (AvgIpc) is 3.48. The highest BCUT2D eigenvalue weighted by atomic mass is 32.2. The van der Waals surface area contributed by atoms with Crippen LogP contribution in [-0.4, -0.2) is 88.5 Å². The standard InChI is InChI=1S/C26H29N5O3S/c32-23(29-14-12-28(13-15-29)22-9-3-4-10-27-22)18-6-5-11-30(16-18)25(34)21-17-35-26-20-8-2-1-7-19(20)24(33)31(21)26/h1-4,7-10,18,21,26H,5-6,11-17H2/t18-,21-,26+/m0/s1. The number of aromatic nitrogens is 1. The Kier molecular flexibility index (Phi) is 5.88. The van der Waals surface area contributed by atoms with Crippen LogP contribution in [0.25, 0.3) is 0 Å². The molecule has 0 unspecified atom stereocenters. The van der Waals surface area contributed by atoms with Crippen molar-refractivity contribution in [2.24, 2.45) is 5.92 Å². The summed E-state index contributed by atoms with van der Waals surface area (Å²) in [4.78, 5) is 52.1. The third kappa shape index (κ3) is 3.95. The zero-order valence-electron chi connectivity index (χ0n) is 19.6. The number of likely N-dealkylation sites (tertiary alicyclic amines) is 1. The minimum absolute atomic E-state index is 0.0152. The lowest BCUT2D eigenvalue weighted by Crippen LogP contribution is -2.55. The van der Waals surface area contributed by atoms with Gasteiger partial charge in [-0.2, -0.15) is 0 Å². The Hall–Kier alpha value is -3.07. The fraction of sp³-hybridized carbons (Fsp3) is 0.462. The number of anilines is 1. The van der Waals surface area contributed by atoms with Crippen molar-refractivity contribution >= 4 is 35.3 Å². The number of hydrogen-bond acceptors (Lipinski definition) is 6. The molecule has 3 atom stereocenters. The van der Waals surface area contributed by atoms with Gasteiger partial charge >= 0.3 is 0 Å². The summed E-state index contributed by atoms with van der Waals surface area (Å²) in [6.45, 7) is 3.95. The Morgan fingerprint density at radius 2 is 1.71 bits per heavy atom. The zero-order valence-corrected chi connectivity index (χ0v) is 20.4. The molecule has 2 aromatic rings. The molecule has 3 amide bonds. The van der Waals surface area contributed by atoms with Gasteiger partial charge in [0.2, 0.25) is 11.8 Å². The SMILES string of the molecule is O=C([C@H]1CCCN(C(=O)[C@@H]2CS[C@@H]3c4ccccc4C(=O)N32)C1)N1CCN(c2ccccn2)CC1. The summed E-state index contributed by atoms with van der Waals surface area (Å²) in [7, 11) is 0. The summed E-state index contributed by atoms with van der Waals surface area (Å²) < 4.78 is 0. The van der Waals surface area contributed by atoms with Crippen LogP contribution in [0.4, 0.5) is 5.82 Å². The molecule has 3 saturated heterocycles. The molecule has 1 aromatic carbocycles. The molecule has 0 saturated carbocycles. The van der Waals surface area contributed by atoms with Crippen LogP contribution < -0.4 is 4.90 Å². The summed E-state index contributed by atoms with van der Waals surface area (Å²) in [5.41, 5.74) is 1.72. The van der Waals surface area contributed by atoms with Gasteiger partial charge in [0.1, 0.15) is 17.2 Å². The van der Waals surface area contributed by atoms with Gasteiger partial charge in [-0.05, 0) is 36.6 Å². The first-order valence-electron chi connectivity index (χ1n) is 12.4. The molecule has 35 heavy (non-hydrogen) atoms. The second-order valence-electron chi connectivity index (χ2n) is 9.62. The van der Waals surface area contributed by atoms with E-state index < -0.39 is 6.04 Å². The molecule has 6 rings (SSSR count). The van der Waals surface area contributed by atoms with Gasteiger partial charge in [0.15, 0.2) is 0 Å². The van der Waals surface area contributed by atoms with Crippen molar-refractivity contribution in [2.45, 2.75) is 24.3 Å². The van der Waals surface area contributed by atoms with Gasteiger partial charge in [0.05, 0.1) is 5.92 Å². The number of nitrogens with zero attached hydrogens (tertiary/aromatic N) is 5. The monoisotopic (exact) mass is 491 g/mol. The largest absolute Gasteiger partial charge is 0.353 e. The summed E-state index contributed by atoms with van der Waals surface area (Å²) >= 11 is 1.66. The van der Waals surface area contributed by atoms with Crippen molar-refractivity contribution in [2.75, 3.05) is 49.9 Å². The Bertz CT molecular complexity index is 1140.